The van der Waals surface area contributed by atoms with Crippen molar-refractivity contribution in [3.8, 4) is 0 Å². The number of unbranched alkanes of at least 4 members (excludes halogenated alkanes) is 5. The van der Waals surface area contributed by atoms with Crippen molar-refractivity contribution in [1.29, 1.82) is 0 Å². The lowest BCUT2D eigenvalue weighted by Crippen LogP contribution is -2.26. The van der Waals surface area contributed by atoms with E-state index >= 15 is 0 Å². The maximum absolute atomic E-state index is 8.76. The molecule has 0 fully saturated rings. The first-order valence-electron chi connectivity index (χ1n) is 5.01. The summed E-state index contributed by atoms with van der Waals surface area (Å²) in [6, 6.07) is 0. The average molecular weight is 314 g/mol. The first-order valence-corrected chi connectivity index (χ1v) is 6.09. The molecule has 0 amide bonds. The van der Waals surface area contributed by atoms with Gasteiger partial charge in [-0.25, -0.2) is 0 Å². The van der Waals surface area contributed by atoms with Gasteiger partial charge in [-0.2, -0.15) is 0 Å². The topological polar surface area (TPSA) is 60.7 Å². The fourth-order valence-electron chi connectivity index (χ4n) is 1.11. The van der Waals surface area contributed by atoms with Crippen LogP contribution in [0.15, 0.2) is 9.66 Å². The number of aliphatic hydroxyl groups is 3. The second-order valence-corrected chi connectivity index (χ2v) is 4.55. The van der Waals surface area contributed by atoms with Crippen molar-refractivity contribution in [3.63, 3.8) is 0 Å². The summed E-state index contributed by atoms with van der Waals surface area (Å²) in [6.45, 7) is 2.17. The Labute approximate surface area is 99.0 Å². The van der Waals surface area contributed by atoms with Crippen molar-refractivity contribution in [1.82, 2.24) is 0 Å². The molecule has 0 heterocycles. The second-order valence-electron chi connectivity index (χ2n) is 3.39. The number of hydrogen-bond acceptors (Lipinski definition) is 3. The normalized spacial score (nSPS) is 13.4. The van der Waals surface area contributed by atoms with E-state index in [1.54, 1.807) is 28.7 Å². The smallest absolute Gasteiger partial charge is 0.310 e. The van der Waals surface area contributed by atoms with Crippen LogP contribution in [0.5, 0.6) is 0 Å². The van der Waals surface area contributed by atoms with Gasteiger partial charge in [-0.15, -0.1) is 0 Å². The summed E-state index contributed by atoms with van der Waals surface area (Å²) in [4.78, 5) is 0. The molecule has 0 aromatic carbocycles. The lowest BCUT2D eigenvalue weighted by atomic mass is 10.1. The minimum Gasteiger partial charge on any atom is -0.339 e. The highest BCUT2D eigenvalue weighted by atomic mass is 127. The third kappa shape index (κ3) is 7.73. The van der Waals surface area contributed by atoms with Crippen LogP contribution in [-0.2, 0) is 0 Å². The Hall–Kier alpha value is 0.350. The zero-order valence-corrected chi connectivity index (χ0v) is 10.7. The molecule has 3 nitrogen and oxygen atoms in total. The van der Waals surface area contributed by atoms with Crippen LogP contribution in [-0.4, -0.2) is 21.3 Å². The minimum atomic E-state index is -2.65. The largest absolute Gasteiger partial charge is 0.339 e. The molecule has 14 heavy (non-hydrogen) atoms. The van der Waals surface area contributed by atoms with Crippen molar-refractivity contribution in [2.75, 3.05) is 0 Å². The number of rotatable bonds is 7. The number of hydrogen-bond donors (Lipinski definition) is 3. The van der Waals surface area contributed by atoms with Gasteiger partial charge < -0.3 is 15.3 Å². The molecule has 0 saturated carbocycles. The van der Waals surface area contributed by atoms with Gasteiger partial charge in [-0.05, 0) is 35.4 Å². The van der Waals surface area contributed by atoms with E-state index in [2.05, 4.69) is 6.92 Å². The predicted octanol–water partition coefficient (Wildman–Crippen LogP) is 2.30. The molecule has 4 heteroatoms. The molecular weight excluding hydrogens is 295 g/mol. The zero-order chi connectivity index (χ0) is 11.0. The Kier molecular flexibility index (Phi) is 7.81. The molecular formula is C10H19IO3. The van der Waals surface area contributed by atoms with Crippen molar-refractivity contribution >= 4 is 22.6 Å². The van der Waals surface area contributed by atoms with Gasteiger partial charge in [0.1, 0.15) is 0 Å². The molecule has 0 radical (unpaired) electrons. The quantitative estimate of drug-likeness (QED) is 0.384. The van der Waals surface area contributed by atoms with Gasteiger partial charge in [0.05, 0.1) is 3.58 Å². The first-order chi connectivity index (χ1) is 6.48. The molecule has 84 valence electrons. The van der Waals surface area contributed by atoms with Crippen LogP contribution in [0.3, 0.4) is 0 Å². The van der Waals surface area contributed by atoms with Gasteiger partial charge >= 0.3 is 5.97 Å². The molecule has 3 N–H and O–H groups in total. The molecule has 0 atom stereocenters. The molecule has 0 aromatic heterocycles. The van der Waals surface area contributed by atoms with Crippen LogP contribution < -0.4 is 0 Å². The van der Waals surface area contributed by atoms with E-state index in [1.165, 1.54) is 19.3 Å². The first kappa shape index (κ1) is 14.3. The van der Waals surface area contributed by atoms with Crippen LogP contribution in [0, 0.1) is 0 Å². The van der Waals surface area contributed by atoms with Crippen molar-refractivity contribution in [2.24, 2.45) is 0 Å². The fraction of sp³-hybridized carbons (Fsp3) is 0.800. The van der Waals surface area contributed by atoms with Crippen LogP contribution in [0.2, 0.25) is 0 Å². The summed E-state index contributed by atoms with van der Waals surface area (Å²) in [6.07, 6.45) is 8.33. The minimum absolute atomic E-state index is 0.172. The van der Waals surface area contributed by atoms with E-state index < -0.39 is 5.97 Å². The maximum atomic E-state index is 8.76. The molecule has 0 aliphatic heterocycles. The molecule has 0 unspecified atom stereocenters. The average Bonchev–Trinajstić information content (AvgIpc) is 2.09. The third-order valence-electron chi connectivity index (χ3n) is 1.95. The van der Waals surface area contributed by atoms with Gasteiger partial charge in [0.25, 0.3) is 0 Å². The van der Waals surface area contributed by atoms with Gasteiger partial charge in [-0.3, -0.25) is 0 Å². The molecule has 0 bridgehead atoms. The summed E-state index contributed by atoms with van der Waals surface area (Å²) in [5.41, 5.74) is 0. The molecule has 0 aromatic rings. The van der Waals surface area contributed by atoms with E-state index in [4.69, 9.17) is 15.3 Å². The zero-order valence-electron chi connectivity index (χ0n) is 8.54. The number of allylic oxidation sites excluding steroid dienone is 1. The fourth-order valence-corrected chi connectivity index (χ4v) is 1.43. The highest BCUT2D eigenvalue weighted by Crippen LogP contribution is 2.19. The van der Waals surface area contributed by atoms with E-state index in [0.29, 0.717) is 0 Å². The molecule has 0 aliphatic carbocycles. The lowest BCUT2D eigenvalue weighted by Gasteiger charge is -2.12. The summed E-state index contributed by atoms with van der Waals surface area (Å²) in [5.74, 6) is -2.65. The van der Waals surface area contributed by atoms with Crippen LogP contribution >= 0.6 is 22.6 Å². The van der Waals surface area contributed by atoms with Crippen molar-refractivity contribution in [3.05, 3.63) is 9.66 Å². The summed E-state index contributed by atoms with van der Waals surface area (Å²) in [7, 11) is 0. The SMILES string of the molecule is CCCCCCCC=C(I)C(O)(O)O. The Morgan fingerprint density at radius 2 is 1.71 bits per heavy atom. The molecule has 0 rings (SSSR count). The van der Waals surface area contributed by atoms with E-state index in [-0.39, 0.29) is 3.58 Å². The monoisotopic (exact) mass is 314 g/mol. The Balaban J connectivity index is 3.52. The maximum Gasteiger partial charge on any atom is 0.310 e. The van der Waals surface area contributed by atoms with Gasteiger partial charge in [0.2, 0.25) is 0 Å². The summed E-state index contributed by atoms with van der Waals surface area (Å²) < 4.78 is 0.172. The van der Waals surface area contributed by atoms with E-state index in [9.17, 15) is 0 Å². The van der Waals surface area contributed by atoms with Crippen molar-refractivity contribution in [2.45, 2.75) is 51.4 Å². The summed E-state index contributed by atoms with van der Waals surface area (Å²) >= 11 is 1.73. The van der Waals surface area contributed by atoms with Gasteiger partial charge in [0.15, 0.2) is 0 Å². The Bertz CT molecular complexity index is 173. The lowest BCUT2D eigenvalue weighted by molar-refractivity contribution is -0.274. The molecule has 0 spiro atoms. The van der Waals surface area contributed by atoms with Gasteiger partial charge in [-0.1, -0.05) is 38.7 Å². The highest BCUT2D eigenvalue weighted by Gasteiger charge is 2.21. The highest BCUT2D eigenvalue weighted by molar-refractivity contribution is 14.1. The van der Waals surface area contributed by atoms with E-state index in [0.717, 1.165) is 19.3 Å². The Morgan fingerprint density at radius 1 is 1.14 bits per heavy atom. The third-order valence-corrected chi connectivity index (χ3v) is 3.12. The molecule has 0 saturated heterocycles. The Morgan fingerprint density at radius 3 is 2.21 bits per heavy atom. The van der Waals surface area contributed by atoms with Crippen LogP contribution in [0.25, 0.3) is 0 Å². The second kappa shape index (κ2) is 7.62. The standard InChI is InChI=1S/C10H19IO3/c1-2-3-4-5-6-7-8-9(11)10(12,13)14/h8,12-14H,2-7H2,1H3. The molecule has 0 aliphatic rings. The summed E-state index contributed by atoms with van der Waals surface area (Å²) in [5, 5.41) is 26.3. The predicted molar refractivity (Wildman–Crippen MR) is 64.9 cm³/mol. The van der Waals surface area contributed by atoms with E-state index in [1.807, 2.05) is 0 Å². The van der Waals surface area contributed by atoms with Crippen LogP contribution in [0.1, 0.15) is 45.4 Å². The van der Waals surface area contributed by atoms with Crippen molar-refractivity contribution < 1.29 is 15.3 Å². The van der Waals surface area contributed by atoms with Crippen LogP contribution in [0.4, 0.5) is 0 Å². The van der Waals surface area contributed by atoms with Gasteiger partial charge in [0, 0.05) is 0 Å². The number of halogens is 1.